The molecule has 6 rings (SSSR count). The number of esters is 2. The number of hydrogen-bond donors (Lipinski definition) is 0. The lowest BCUT2D eigenvalue weighted by atomic mass is 9.80. The number of nitrogens with zero attached hydrogens (tertiary/aromatic N) is 2. The molecule has 0 aromatic heterocycles. The average molecular weight is 933 g/mol. The maximum Gasteiger partial charge on any atom is 0.418 e. The quantitative estimate of drug-likeness (QED) is 0.0548. The maximum absolute atomic E-state index is 15.4. The predicted molar refractivity (Wildman–Crippen MR) is 274 cm³/mol. The number of ether oxygens (including phenoxy) is 2. The van der Waals surface area contributed by atoms with Crippen molar-refractivity contribution in [3.05, 3.63) is 144 Å². The Morgan fingerprint density at radius 3 is 1.03 bits per heavy atom. The van der Waals surface area contributed by atoms with Gasteiger partial charge in [-0.05, 0) is 74.9 Å². The molecule has 2 heterocycles. The smallest absolute Gasteiger partial charge is 0.418 e. The number of carbonyl (C=O) groups is 2. The SMILES string of the molecule is CCN(CC)CC#CCCC1(C(OC(=O)C(=O)OC(c2ccccc2)(c2ccccc2)C2(CCC#CCN(CC)CC)SCCCS2)(c2ccccc2)c2ccccc2)SCCCS1. The largest absolute Gasteiger partial charge is 0.438 e. The topological polar surface area (TPSA) is 59.1 Å². The van der Waals surface area contributed by atoms with Crippen LogP contribution >= 0.6 is 47.0 Å². The standard InChI is InChI=1S/C54H64N2O4S4/c1-5-55(6-2)39-25-13-23-37-51(61-41-27-42-62-51)53(45-29-15-9-16-30-45,46-31-17-10-18-32-46)59-49(57)50(58)60-54(47-33-19-11-20-34-47,48-35-21-12-22-36-48)52(63-43-28-44-64-52)38-24-14-26-40-56(7-3)8-4/h9-12,15-22,29-36H,5-8,23-24,27-28,37-44H2,1-4H3. The van der Waals surface area contributed by atoms with Crippen LogP contribution in [-0.2, 0) is 30.3 Å². The van der Waals surface area contributed by atoms with E-state index in [9.17, 15) is 0 Å². The molecule has 0 saturated carbocycles. The van der Waals surface area contributed by atoms with Crippen LogP contribution in [0, 0.1) is 23.7 Å². The summed E-state index contributed by atoms with van der Waals surface area (Å²) in [6.07, 6.45) is 4.50. The molecule has 0 radical (unpaired) electrons. The number of hydrogen-bond acceptors (Lipinski definition) is 10. The van der Waals surface area contributed by atoms with E-state index < -0.39 is 31.3 Å². The van der Waals surface area contributed by atoms with Crippen LogP contribution in [0.1, 0.15) is 88.5 Å². The summed E-state index contributed by atoms with van der Waals surface area (Å²) in [4.78, 5) is 35.3. The maximum atomic E-state index is 15.4. The molecule has 2 saturated heterocycles. The van der Waals surface area contributed by atoms with Crippen molar-refractivity contribution in [3.8, 4) is 23.7 Å². The molecule has 0 unspecified atom stereocenters. The van der Waals surface area contributed by atoms with Gasteiger partial charge in [0.05, 0.1) is 13.1 Å². The van der Waals surface area contributed by atoms with E-state index in [4.69, 9.17) is 9.47 Å². The van der Waals surface area contributed by atoms with Gasteiger partial charge in [-0.25, -0.2) is 9.59 Å². The highest BCUT2D eigenvalue weighted by atomic mass is 32.2. The average Bonchev–Trinajstić information content (AvgIpc) is 3.36. The van der Waals surface area contributed by atoms with Gasteiger partial charge in [-0.15, -0.1) is 58.9 Å². The van der Waals surface area contributed by atoms with Crippen molar-refractivity contribution in [2.75, 3.05) is 62.3 Å². The van der Waals surface area contributed by atoms with Crippen molar-refractivity contribution in [3.63, 3.8) is 0 Å². The highest BCUT2D eigenvalue weighted by molar-refractivity contribution is 8.19. The molecule has 338 valence electrons. The lowest BCUT2D eigenvalue weighted by Crippen LogP contribution is -2.55. The van der Waals surface area contributed by atoms with Gasteiger partial charge in [0.15, 0.2) is 11.2 Å². The van der Waals surface area contributed by atoms with Crippen molar-refractivity contribution >= 4 is 59.0 Å². The molecular weight excluding hydrogens is 869 g/mol. The number of thioether (sulfide) groups is 4. The van der Waals surface area contributed by atoms with Crippen molar-refractivity contribution in [1.82, 2.24) is 9.80 Å². The zero-order chi connectivity index (χ0) is 45.1. The fraction of sp³-hybridized carbons (Fsp3) is 0.444. The van der Waals surface area contributed by atoms with Gasteiger partial charge >= 0.3 is 11.9 Å². The Hall–Kier alpha value is -3.74. The molecule has 64 heavy (non-hydrogen) atoms. The molecule has 0 atom stereocenters. The summed E-state index contributed by atoms with van der Waals surface area (Å²) in [7, 11) is 0. The van der Waals surface area contributed by atoms with Crippen LogP contribution in [0.25, 0.3) is 0 Å². The number of rotatable bonds is 18. The first kappa shape index (κ1) is 49.7. The monoisotopic (exact) mass is 932 g/mol. The minimum Gasteiger partial charge on any atom is -0.438 e. The van der Waals surface area contributed by atoms with Gasteiger partial charge in [-0.2, -0.15) is 0 Å². The van der Waals surface area contributed by atoms with Crippen molar-refractivity contribution in [1.29, 1.82) is 0 Å². The lowest BCUT2D eigenvalue weighted by molar-refractivity contribution is -0.184. The van der Waals surface area contributed by atoms with Crippen molar-refractivity contribution in [2.45, 2.75) is 85.6 Å². The molecule has 2 fully saturated rings. The van der Waals surface area contributed by atoms with E-state index >= 15 is 9.59 Å². The molecule has 0 amide bonds. The first-order valence-corrected chi connectivity index (χ1v) is 26.9. The van der Waals surface area contributed by atoms with Crippen LogP contribution in [0.4, 0.5) is 0 Å². The van der Waals surface area contributed by atoms with E-state index in [1.807, 2.05) is 168 Å². The van der Waals surface area contributed by atoms with Gasteiger partial charge in [-0.1, -0.05) is 161 Å². The second-order valence-electron chi connectivity index (χ2n) is 15.8. The van der Waals surface area contributed by atoms with E-state index in [0.717, 1.165) is 84.3 Å². The van der Waals surface area contributed by atoms with Gasteiger partial charge in [-0.3, -0.25) is 9.80 Å². The third-order valence-electron chi connectivity index (χ3n) is 12.2. The van der Waals surface area contributed by atoms with E-state index in [1.54, 1.807) is 0 Å². The Kier molecular flexibility index (Phi) is 19.2. The number of carbonyl (C=O) groups excluding carboxylic acids is 2. The van der Waals surface area contributed by atoms with E-state index in [0.29, 0.717) is 38.8 Å². The molecule has 6 nitrogen and oxygen atoms in total. The Morgan fingerprint density at radius 1 is 0.484 bits per heavy atom. The summed E-state index contributed by atoms with van der Waals surface area (Å²) in [5, 5.41) is 0. The van der Waals surface area contributed by atoms with Crippen molar-refractivity contribution in [2.24, 2.45) is 0 Å². The molecule has 4 aromatic rings. The van der Waals surface area contributed by atoms with Gasteiger partial charge in [0.1, 0.15) is 8.16 Å². The fourth-order valence-corrected chi connectivity index (χ4v) is 16.1. The molecule has 4 aromatic carbocycles. The lowest BCUT2D eigenvalue weighted by Gasteiger charge is -2.52. The second kappa shape index (κ2) is 24.7. The van der Waals surface area contributed by atoms with Gasteiger partial charge in [0.2, 0.25) is 0 Å². The summed E-state index contributed by atoms with van der Waals surface area (Å²) in [5.41, 5.74) is 0.450. The predicted octanol–water partition coefficient (Wildman–Crippen LogP) is 11.3. The van der Waals surface area contributed by atoms with E-state index in [2.05, 4.69) is 61.2 Å². The highest BCUT2D eigenvalue weighted by Gasteiger charge is 2.61. The van der Waals surface area contributed by atoms with Crippen LogP contribution in [0.3, 0.4) is 0 Å². The molecule has 2 aliphatic heterocycles. The van der Waals surface area contributed by atoms with Crippen LogP contribution in [-0.4, -0.2) is 92.2 Å². The minimum absolute atomic E-state index is 0.602. The Labute approximate surface area is 400 Å². The van der Waals surface area contributed by atoms with Gasteiger partial charge in [0, 0.05) is 35.1 Å². The molecule has 0 aliphatic carbocycles. The van der Waals surface area contributed by atoms with Gasteiger partial charge < -0.3 is 9.47 Å². The normalized spacial score (nSPS) is 15.9. The van der Waals surface area contributed by atoms with E-state index in [1.165, 1.54) is 0 Å². The Morgan fingerprint density at radius 2 is 0.766 bits per heavy atom. The minimum atomic E-state index is -1.38. The third kappa shape index (κ3) is 11.3. The van der Waals surface area contributed by atoms with E-state index in [-0.39, 0.29) is 0 Å². The molecule has 0 spiro atoms. The van der Waals surface area contributed by atoms with Crippen LogP contribution < -0.4 is 0 Å². The zero-order valence-electron chi connectivity index (χ0n) is 38.0. The highest BCUT2D eigenvalue weighted by Crippen LogP contribution is 2.62. The first-order chi connectivity index (χ1) is 31.3. The zero-order valence-corrected chi connectivity index (χ0v) is 41.3. The van der Waals surface area contributed by atoms with Crippen LogP contribution in [0.2, 0.25) is 0 Å². The summed E-state index contributed by atoms with van der Waals surface area (Å²) < 4.78 is 12.7. The molecule has 2 aliphatic rings. The van der Waals surface area contributed by atoms with Crippen LogP contribution in [0.5, 0.6) is 0 Å². The first-order valence-electron chi connectivity index (χ1n) is 22.9. The molecular formula is C54H64N2O4S4. The molecule has 0 bridgehead atoms. The summed E-state index contributed by atoms with van der Waals surface area (Å²) in [6.45, 7) is 13.8. The number of benzene rings is 4. The molecule has 10 heteroatoms. The third-order valence-corrected chi connectivity index (χ3v) is 19.4. The Bertz CT molecular complexity index is 1930. The molecule has 0 N–H and O–H groups in total. The van der Waals surface area contributed by atoms with Gasteiger partial charge in [0.25, 0.3) is 0 Å². The summed E-state index contributed by atoms with van der Waals surface area (Å²) >= 11 is 7.25. The fourth-order valence-electron chi connectivity index (χ4n) is 8.71. The van der Waals surface area contributed by atoms with Crippen molar-refractivity contribution < 1.29 is 19.1 Å². The van der Waals surface area contributed by atoms with Crippen LogP contribution in [0.15, 0.2) is 121 Å². The second-order valence-corrected chi connectivity index (χ2v) is 21.9. The Balaban J connectivity index is 1.47. The summed E-state index contributed by atoms with van der Waals surface area (Å²) in [6, 6.07) is 40.0. The summed E-state index contributed by atoms with van der Waals surface area (Å²) in [5.74, 6) is 15.3.